The van der Waals surface area contributed by atoms with E-state index in [1.54, 1.807) is 12.1 Å². The Morgan fingerprint density at radius 1 is 1.50 bits per heavy atom. The number of hydrogen-bond acceptors (Lipinski definition) is 5. The molecule has 100 valence electrons. The number of thiol groups is 1. The van der Waals surface area contributed by atoms with Crippen molar-refractivity contribution in [1.82, 2.24) is 0 Å². The number of aliphatic hydroxyl groups is 1. The van der Waals surface area contributed by atoms with Crippen LogP contribution in [0.2, 0.25) is 0 Å². The van der Waals surface area contributed by atoms with Gasteiger partial charge in [-0.3, -0.25) is 4.79 Å². The van der Waals surface area contributed by atoms with Gasteiger partial charge in [0.25, 0.3) is 0 Å². The van der Waals surface area contributed by atoms with Crippen LogP contribution in [-0.2, 0) is 9.53 Å². The summed E-state index contributed by atoms with van der Waals surface area (Å²) in [7, 11) is 0. The molecule has 0 saturated heterocycles. The van der Waals surface area contributed by atoms with Crippen LogP contribution in [-0.4, -0.2) is 28.5 Å². The number of esters is 1. The average molecular weight is 335 g/mol. The predicted molar refractivity (Wildman–Crippen MR) is 74.8 cm³/mol. The quantitative estimate of drug-likeness (QED) is 0.424. The van der Waals surface area contributed by atoms with E-state index in [-0.39, 0.29) is 24.1 Å². The summed E-state index contributed by atoms with van der Waals surface area (Å²) in [5.41, 5.74) is 0.463. The van der Waals surface area contributed by atoms with Crippen LogP contribution in [0.4, 0.5) is 0 Å². The van der Waals surface area contributed by atoms with Crippen LogP contribution in [0, 0.1) is 0 Å². The highest BCUT2D eigenvalue weighted by molar-refractivity contribution is 9.10. The van der Waals surface area contributed by atoms with Crippen LogP contribution in [0.3, 0.4) is 0 Å². The lowest BCUT2D eigenvalue weighted by molar-refractivity contribution is -0.140. The van der Waals surface area contributed by atoms with Crippen molar-refractivity contribution in [2.75, 3.05) is 12.4 Å². The van der Waals surface area contributed by atoms with Gasteiger partial charge < -0.3 is 14.9 Å². The van der Waals surface area contributed by atoms with Crippen molar-refractivity contribution in [2.45, 2.75) is 18.9 Å². The van der Waals surface area contributed by atoms with E-state index >= 15 is 0 Å². The predicted octanol–water partition coefficient (Wildman–Crippen LogP) is 2.44. The number of ether oxygens (including phenoxy) is 1. The van der Waals surface area contributed by atoms with Crippen LogP contribution < -0.4 is 0 Å². The first-order chi connectivity index (χ1) is 8.54. The molecule has 4 nitrogen and oxygen atoms in total. The second kappa shape index (κ2) is 7.66. The minimum absolute atomic E-state index is 0.0506. The Kier molecular flexibility index (Phi) is 6.52. The first-order valence-electron chi connectivity index (χ1n) is 5.47. The van der Waals surface area contributed by atoms with Crippen molar-refractivity contribution < 1.29 is 19.7 Å². The first-order valence-corrected chi connectivity index (χ1v) is 6.90. The molecule has 0 fully saturated rings. The molecule has 0 heterocycles. The van der Waals surface area contributed by atoms with Gasteiger partial charge in [-0.05, 0) is 31.0 Å². The summed E-state index contributed by atoms with van der Waals surface area (Å²) in [6, 6.07) is 4.88. The molecule has 0 radical (unpaired) electrons. The molecule has 0 aromatic heterocycles. The van der Waals surface area contributed by atoms with Gasteiger partial charge in [-0.2, -0.15) is 12.6 Å². The van der Waals surface area contributed by atoms with Gasteiger partial charge >= 0.3 is 5.97 Å². The van der Waals surface area contributed by atoms with Gasteiger partial charge in [0, 0.05) is 10.0 Å². The maximum atomic E-state index is 10.8. The summed E-state index contributed by atoms with van der Waals surface area (Å²) in [6.07, 6.45) is 0.147. The summed E-state index contributed by atoms with van der Waals surface area (Å²) < 4.78 is 5.62. The first kappa shape index (κ1) is 15.3. The molecule has 1 rings (SSSR count). The minimum Gasteiger partial charge on any atom is -0.508 e. The molecule has 0 aliphatic carbocycles. The van der Waals surface area contributed by atoms with Crippen molar-refractivity contribution >= 4 is 34.5 Å². The molecule has 0 unspecified atom stereocenters. The topological polar surface area (TPSA) is 66.8 Å². The van der Waals surface area contributed by atoms with Crippen molar-refractivity contribution in [1.29, 1.82) is 0 Å². The Hall–Kier alpha value is -0.720. The summed E-state index contributed by atoms with van der Waals surface area (Å²) in [4.78, 5) is 10.8. The number of hydrogen-bond donors (Lipinski definition) is 3. The van der Waals surface area contributed by atoms with Crippen LogP contribution in [0.5, 0.6) is 5.75 Å². The highest BCUT2D eigenvalue weighted by atomic mass is 79.9. The fourth-order valence-electron chi connectivity index (χ4n) is 1.46. The SMILES string of the molecule is O=C(CS)OCCC[C@@H](O)c1cc(Br)ccc1O. The van der Waals surface area contributed by atoms with E-state index in [1.165, 1.54) is 6.07 Å². The van der Waals surface area contributed by atoms with Gasteiger partial charge in [0.15, 0.2) is 0 Å². The lowest BCUT2D eigenvalue weighted by Gasteiger charge is -2.13. The standard InChI is InChI=1S/C12H15BrO4S/c13-8-3-4-11(15)9(6-8)10(14)2-1-5-17-12(16)7-18/h3-4,6,10,14-15,18H,1-2,5,7H2/t10-/m1/s1. The molecule has 0 aliphatic heterocycles. The van der Waals surface area contributed by atoms with E-state index in [1.807, 2.05) is 0 Å². The largest absolute Gasteiger partial charge is 0.508 e. The third-order valence-electron chi connectivity index (χ3n) is 2.36. The van der Waals surface area contributed by atoms with E-state index < -0.39 is 6.10 Å². The van der Waals surface area contributed by atoms with Crippen molar-refractivity contribution in [2.24, 2.45) is 0 Å². The molecule has 1 aromatic carbocycles. The number of rotatable bonds is 6. The number of benzene rings is 1. The normalized spacial score (nSPS) is 12.2. The maximum Gasteiger partial charge on any atom is 0.315 e. The molecule has 1 atom stereocenters. The Morgan fingerprint density at radius 3 is 2.89 bits per heavy atom. The average Bonchev–Trinajstić information content (AvgIpc) is 2.36. The number of phenols is 1. The van der Waals surface area contributed by atoms with E-state index in [2.05, 4.69) is 28.6 Å². The van der Waals surface area contributed by atoms with Crippen LogP contribution in [0.15, 0.2) is 22.7 Å². The molecular formula is C12H15BrO4S. The Balaban J connectivity index is 2.43. The van der Waals surface area contributed by atoms with Crippen molar-refractivity contribution in [3.8, 4) is 5.75 Å². The number of phenolic OH excluding ortho intramolecular Hbond substituents is 1. The van der Waals surface area contributed by atoms with Crippen LogP contribution in [0.1, 0.15) is 24.5 Å². The molecule has 0 bridgehead atoms. The van der Waals surface area contributed by atoms with Gasteiger partial charge in [-0.15, -0.1) is 0 Å². The van der Waals surface area contributed by atoms with Gasteiger partial charge in [-0.25, -0.2) is 0 Å². The number of halogens is 1. The number of carbonyl (C=O) groups is 1. The third kappa shape index (κ3) is 4.88. The Labute approximate surface area is 120 Å². The smallest absolute Gasteiger partial charge is 0.315 e. The molecule has 6 heteroatoms. The van der Waals surface area contributed by atoms with E-state index in [4.69, 9.17) is 4.74 Å². The van der Waals surface area contributed by atoms with Gasteiger partial charge in [0.1, 0.15) is 5.75 Å². The Morgan fingerprint density at radius 2 is 2.22 bits per heavy atom. The van der Waals surface area contributed by atoms with E-state index in [0.717, 1.165) is 4.47 Å². The zero-order chi connectivity index (χ0) is 13.5. The van der Waals surface area contributed by atoms with Crippen LogP contribution >= 0.6 is 28.6 Å². The lowest BCUT2D eigenvalue weighted by atomic mass is 10.0. The fraction of sp³-hybridized carbons (Fsp3) is 0.417. The zero-order valence-electron chi connectivity index (χ0n) is 9.67. The third-order valence-corrected chi connectivity index (χ3v) is 3.11. The molecule has 2 N–H and O–H groups in total. The highest BCUT2D eigenvalue weighted by Gasteiger charge is 2.12. The fourth-order valence-corrected chi connectivity index (χ4v) is 1.93. The van der Waals surface area contributed by atoms with Gasteiger partial charge in [-0.1, -0.05) is 15.9 Å². The summed E-state index contributed by atoms with van der Waals surface area (Å²) >= 11 is 7.05. The molecule has 0 saturated carbocycles. The molecule has 1 aromatic rings. The Bertz CT molecular complexity index is 411. The number of carbonyl (C=O) groups excluding carboxylic acids is 1. The second-order valence-corrected chi connectivity index (χ2v) is 4.97. The number of aromatic hydroxyl groups is 1. The molecule has 0 aliphatic rings. The van der Waals surface area contributed by atoms with Crippen molar-refractivity contribution in [3.63, 3.8) is 0 Å². The molecule has 18 heavy (non-hydrogen) atoms. The van der Waals surface area contributed by atoms with E-state index in [0.29, 0.717) is 18.4 Å². The summed E-state index contributed by atoms with van der Waals surface area (Å²) in [5, 5.41) is 19.5. The molecule has 0 amide bonds. The van der Waals surface area contributed by atoms with Crippen molar-refractivity contribution in [3.05, 3.63) is 28.2 Å². The minimum atomic E-state index is -0.780. The summed E-state index contributed by atoms with van der Waals surface area (Å²) in [6.45, 7) is 0.241. The van der Waals surface area contributed by atoms with Gasteiger partial charge in [0.05, 0.1) is 18.5 Å². The van der Waals surface area contributed by atoms with Crippen LogP contribution in [0.25, 0.3) is 0 Å². The lowest BCUT2D eigenvalue weighted by Crippen LogP contribution is -2.08. The van der Waals surface area contributed by atoms with E-state index in [9.17, 15) is 15.0 Å². The molecular weight excluding hydrogens is 320 g/mol. The number of aliphatic hydroxyl groups excluding tert-OH is 1. The maximum absolute atomic E-state index is 10.8. The van der Waals surface area contributed by atoms with Gasteiger partial charge in [0.2, 0.25) is 0 Å². The molecule has 0 spiro atoms. The second-order valence-electron chi connectivity index (χ2n) is 3.74. The summed E-state index contributed by atoms with van der Waals surface area (Å²) in [5.74, 6) is -0.272. The highest BCUT2D eigenvalue weighted by Crippen LogP contribution is 2.29. The monoisotopic (exact) mass is 334 g/mol. The zero-order valence-corrected chi connectivity index (χ0v) is 12.2.